The Labute approximate surface area is 193 Å². The fraction of sp³-hybridized carbons (Fsp3) is 0.423. The van der Waals surface area contributed by atoms with E-state index in [1.54, 1.807) is 0 Å². The van der Waals surface area contributed by atoms with Crippen molar-refractivity contribution in [3.63, 3.8) is 0 Å². The number of nitrogens with one attached hydrogen (secondary N) is 4. The smallest absolute Gasteiger partial charge is 0.333 e. The van der Waals surface area contributed by atoms with Crippen molar-refractivity contribution in [2.24, 2.45) is 17.8 Å². The molecule has 5 nitrogen and oxygen atoms in total. The molecule has 6 heteroatoms. The number of carbonyl (C=O) groups excluding carboxylic acids is 1. The van der Waals surface area contributed by atoms with Crippen LogP contribution in [0.1, 0.15) is 49.8 Å². The number of aromatic nitrogens is 1. The molecule has 0 saturated heterocycles. The van der Waals surface area contributed by atoms with E-state index in [4.69, 9.17) is 11.6 Å². The summed E-state index contributed by atoms with van der Waals surface area (Å²) in [6.45, 7) is 0.457. The van der Waals surface area contributed by atoms with E-state index in [0.29, 0.717) is 17.0 Å². The fourth-order valence-corrected chi connectivity index (χ4v) is 7.16. The number of anilines is 1. The van der Waals surface area contributed by atoms with Crippen LogP contribution in [0.2, 0.25) is 5.02 Å². The fourth-order valence-electron chi connectivity index (χ4n) is 6.96. The standard InChI is InChI=1S/C26H29ClN4O/c27-22-4-2-1-3-19(22)15-28-31-25(32)29-21-5-6-23-20(10-21)11-24(30-23)26-12-16-7-17(13-26)9-18(8-16)14-26/h1-6,10-11,16-18,28,30H,7-9,12-15H2,(H2,29,31,32). The second kappa shape index (κ2) is 7.82. The number of hydrogen-bond donors (Lipinski definition) is 4. The third-order valence-electron chi connectivity index (χ3n) is 7.93. The number of benzene rings is 2. The molecule has 4 aliphatic carbocycles. The molecule has 4 saturated carbocycles. The molecule has 0 atom stereocenters. The Morgan fingerprint density at radius 1 is 1.00 bits per heavy atom. The maximum atomic E-state index is 12.3. The number of carbonyl (C=O) groups is 1. The average Bonchev–Trinajstić information content (AvgIpc) is 3.19. The lowest BCUT2D eigenvalue weighted by Crippen LogP contribution is -2.48. The first-order chi connectivity index (χ1) is 15.6. The molecule has 32 heavy (non-hydrogen) atoms. The maximum Gasteiger partial charge on any atom is 0.333 e. The van der Waals surface area contributed by atoms with Gasteiger partial charge in [0.1, 0.15) is 0 Å². The minimum Gasteiger partial charge on any atom is -0.358 e. The zero-order chi connectivity index (χ0) is 21.7. The van der Waals surface area contributed by atoms with E-state index in [2.05, 4.69) is 39.4 Å². The highest BCUT2D eigenvalue weighted by molar-refractivity contribution is 6.31. The van der Waals surface area contributed by atoms with E-state index >= 15 is 0 Å². The van der Waals surface area contributed by atoms with Gasteiger partial charge in [0, 0.05) is 39.3 Å². The Hall–Kier alpha value is -2.50. The SMILES string of the molecule is O=C(NNCc1ccccc1Cl)Nc1ccc2[nH]c(C34CC5CC(CC(C5)C3)C4)cc2c1. The molecule has 2 aromatic carbocycles. The van der Waals surface area contributed by atoms with Crippen molar-refractivity contribution in [1.29, 1.82) is 0 Å². The molecule has 0 spiro atoms. The first-order valence-corrected chi connectivity index (χ1v) is 12.1. The van der Waals surface area contributed by atoms with Gasteiger partial charge in [-0.25, -0.2) is 10.2 Å². The van der Waals surface area contributed by atoms with Gasteiger partial charge in [0.15, 0.2) is 0 Å². The van der Waals surface area contributed by atoms with Crippen molar-refractivity contribution in [3.8, 4) is 0 Å². The van der Waals surface area contributed by atoms with Crippen LogP contribution in [-0.2, 0) is 12.0 Å². The number of amides is 2. The molecule has 0 radical (unpaired) electrons. The summed E-state index contributed by atoms with van der Waals surface area (Å²) in [5.41, 5.74) is 10.2. The van der Waals surface area contributed by atoms with Crippen molar-refractivity contribution >= 4 is 34.2 Å². The Morgan fingerprint density at radius 3 is 2.44 bits per heavy atom. The number of H-pyrrole nitrogens is 1. The van der Waals surface area contributed by atoms with Crippen LogP contribution in [0.5, 0.6) is 0 Å². The van der Waals surface area contributed by atoms with E-state index in [9.17, 15) is 4.79 Å². The lowest BCUT2D eigenvalue weighted by molar-refractivity contribution is -0.00686. The maximum absolute atomic E-state index is 12.3. The highest BCUT2D eigenvalue weighted by Gasteiger charge is 2.52. The van der Waals surface area contributed by atoms with Gasteiger partial charge in [-0.1, -0.05) is 29.8 Å². The minimum absolute atomic E-state index is 0.298. The van der Waals surface area contributed by atoms with E-state index in [1.165, 1.54) is 44.2 Å². The van der Waals surface area contributed by atoms with Crippen LogP contribution >= 0.6 is 11.6 Å². The summed E-state index contributed by atoms with van der Waals surface area (Å²) in [6, 6.07) is 15.7. The number of fused-ring (bicyclic) bond motifs is 1. The van der Waals surface area contributed by atoms with E-state index < -0.39 is 0 Å². The van der Waals surface area contributed by atoms with Gasteiger partial charge in [-0.3, -0.25) is 5.43 Å². The summed E-state index contributed by atoms with van der Waals surface area (Å²) < 4.78 is 0. The molecule has 0 aliphatic heterocycles. The third-order valence-corrected chi connectivity index (χ3v) is 8.30. The summed E-state index contributed by atoms with van der Waals surface area (Å²) >= 11 is 6.15. The molecule has 2 amide bonds. The van der Waals surface area contributed by atoms with Gasteiger partial charge in [0.05, 0.1) is 0 Å². The number of aromatic amines is 1. The molecule has 4 fully saturated rings. The molecular formula is C26H29ClN4O. The summed E-state index contributed by atoms with van der Waals surface area (Å²) in [5, 5.41) is 4.76. The van der Waals surface area contributed by atoms with Gasteiger partial charge in [-0.2, -0.15) is 0 Å². The topological polar surface area (TPSA) is 69.0 Å². The minimum atomic E-state index is -0.298. The number of rotatable bonds is 5. The molecule has 0 unspecified atom stereocenters. The van der Waals surface area contributed by atoms with Crippen LogP contribution in [0.4, 0.5) is 10.5 Å². The second-order valence-corrected chi connectivity index (χ2v) is 10.6. The molecule has 1 aromatic heterocycles. The lowest BCUT2D eigenvalue weighted by atomic mass is 9.49. The Balaban J connectivity index is 1.13. The molecule has 4 bridgehead atoms. The van der Waals surface area contributed by atoms with Crippen LogP contribution in [0.15, 0.2) is 48.5 Å². The highest BCUT2D eigenvalue weighted by Crippen LogP contribution is 2.60. The quantitative estimate of drug-likeness (QED) is 0.355. The largest absolute Gasteiger partial charge is 0.358 e. The first-order valence-electron chi connectivity index (χ1n) is 11.7. The van der Waals surface area contributed by atoms with Crippen LogP contribution in [0.3, 0.4) is 0 Å². The summed E-state index contributed by atoms with van der Waals surface area (Å²) in [4.78, 5) is 16.1. The molecule has 3 aromatic rings. The normalized spacial score (nSPS) is 28.2. The second-order valence-electron chi connectivity index (χ2n) is 10.2. The summed E-state index contributed by atoms with van der Waals surface area (Å²) in [7, 11) is 0. The van der Waals surface area contributed by atoms with E-state index in [-0.39, 0.29) is 6.03 Å². The number of hydrazine groups is 1. The van der Waals surface area contributed by atoms with Crippen LogP contribution in [0, 0.1) is 17.8 Å². The van der Waals surface area contributed by atoms with Crippen molar-refractivity contribution in [2.45, 2.75) is 50.5 Å². The van der Waals surface area contributed by atoms with Crippen LogP contribution in [-0.4, -0.2) is 11.0 Å². The van der Waals surface area contributed by atoms with Crippen molar-refractivity contribution < 1.29 is 4.79 Å². The van der Waals surface area contributed by atoms with Gasteiger partial charge < -0.3 is 10.3 Å². The molecule has 166 valence electrons. The average molecular weight is 449 g/mol. The number of halogens is 1. The first kappa shape index (κ1) is 20.1. The Kier molecular flexibility index (Phi) is 4.92. The van der Waals surface area contributed by atoms with Gasteiger partial charge in [0.2, 0.25) is 0 Å². The van der Waals surface area contributed by atoms with Crippen molar-refractivity contribution in [3.05, 3.63) is 64.8 Å². The molecule has 1 heterocycles. The van der Waals surface area contributed by atoms with Crippen LogP contribution in [0.25, 0.3) is 10.9 Å². The van der Waals surface area contributed by atoms with E-state index in [0.717, 1.165) is 39.9 Å². The molecule has 7 rings (SSSR count). The van der Waals surface area contributed by atoms with Crippen molar-refractivity contribution in [2.75, 3.05) is 5.32 Å². The molecular weight excluding hydrogens is 420 g/mol. The molecule has 4 aliphatic rings. The zero-order valence-electron chi connectivity index (χ0n) is 18.1. The van der Waals surface area contributed by atoms with Gasteiger partial charge in [-0.15, -0.1) is 0 Å². The number of urea groups is 1. The zero-order valence-corrected chi connectivity index (χ0v) is 18.8. The lowest BCUT2D eigenvalue weighted by Gasteiger charge is -2.56. The Bertz CT molecular complexity index is 1130. The monoisotopic (exact) mass is 448 g/mol. The third kappa shape index (κ3) is 3.67. The predicted octanol–water partition coefficient (Wildman–Crippen LogP) is 6.12. The van der Waals surface area contributed by atoms with Gasteiger partial charge in [-0.05, 0) is 92.2 Å². The van der Waals surface area contributed by atoms with Crippen molar-refractivity contribution in [1.82, 2.24) is 15.8 Å². The van der Waals surface area contributed by atoms with E-state index in [1.807, 2.05) is 30.3 Å². The molecule has 4 N–H and O–H groups in total. The highest BCUT2D eigenvalue weighted by atomic mass is 35.5. The Morgan fingerprint density at radius 2 is 1.72 bits per heavy atom. The summed E-state index contributed by atoms with van der Waals surface area (Å²) in [6.07, 6.45) is 8.39. The summed E-state index contributed by atoms with van der Waals surface area (Å²) in [5.74, 6) is 2.77. The van der Waals surface area contributed by atoms with Crippen LogP contribution < -0.4 is 16.2 Å². The predicted molar refractivity (Wildman–Crippen MR) is 129 cm³/mol. The van der Waals surface area contributed by atoms with Gasteiger partial charge >= 0.3 is 6.03 Å². The number of hydrogen-bond acceptors (Lipinski definition) is 2. The van der Waals surface area contributed by atoms with Gasteiger partial charge in [0.25, 0.3) is 0 Å².